The van der Waals surface area contributed by atoms with Crippen LogP contribution in [-0.2, 0) is 9.53 Å². The summed E-state index contributed by atoms with van der Waals surface area (Å²) in [5.74, 6) is 0.124. The molecule has 0 atom stereocenters. The van der Waals surface area contributed by atoms with Crippen LogP contribution in [-0.4, -0.2) is 13.1 Å². The standard InChI is InChI=1S/C11H12O3/c1-9(8-13-2)11(12)14-10-6-4-3-5-7-10/h3-8H,1-2H3. The molecular weight excluding hydrogens is 180 g/mol. The third-order valence-corrected chi connectivity index (χ3v) is 1.57. The van der Waals surface area contributed by atoms with E-state index in [2.05, 4.69) is 0 Å². The second kappa shape index (κ2) is 5.07. The van der Waals surface area contributed by atoms with E-state index < -0.39 is 5.97 Å². The quantitative estimate of drug-likeness (QED) is 0.318. The summed E-state index contributed by atoms with van der Waals surface area (Å²) in [4.78, 5) is 11.3. The van der Waals surface area contributed by atoms with Gasteiger partial charge in [0.1, 0.15) is 5.75 Å². The van der Waals surface area contributed by atoms with E-state index in [0.717, 1.165) is 0 Å². The Morgan fingerprint density at radius 2 is 1.93 bits per heavy atom. The summed E-state index contributed by atoms with van der Waals surface area (Å²) in [6, 6.07) is 8.90. The van der Waals surface area contributed by atoms with Gasteiger partial charge >= 0.3 is 5.97 Å². The summed E-state index contributed by atoms with van der Waals surface area (Å²) in [6.07, 6.45) is 1.35. The average molecular weight is 192 g/mol. The summed E-state index contributed by atoms with van der Waals surface area (Å²) in [5.41, 5.74) is 0.427. The van der Waals surface area contributed by atoms with Crippen molar-refractivity contribution in [1.29, 1.82) is 0 Å². The minimum absolute atomic E-state index is 0.405. The van der Waals surface area contributed by atoms with Gasteiger partial charge in [0.25, 0.3) is 0 Å². The van der Waals surface area contributed by atoms with Crippen molar-refractivity contribution >= 4 is 5.97 Å². The van der Waals surface area contributed by atoms with Crippen molar-refractivity contribution in [3.63, 3.8) is 0 Å². The molecule has 0 N–H and O–H groups in total. The molecule has 0 aliphatic carbocycles. The van der Waals surface area contributed by atoms with Crippen LogP contribution in [0.1, 0.15) is 6.92 Å². The van der Waals surface area contributed by atoms with Crippen molar-refractivity contribution in [2.45, 2.75) is 6.92 Å². The van der Waals surface area contributed by atoms with Crippen LogP contribution < -0.4 is 4.74 Å². The van der Waals surface area contributed by atoms with Crippen molar-refractivity contribution < 1.29 is 14.3 Å². The molecule has 0 saturated heterocycles. The van der Waals surface area contributed by atoms with E-state index in [1.165, 1.54) is 13.4 Å². The molecule has 0 heterocycles. The first-order valence-corrected chi connectivity index (χ1v) is 4.21. The summed E-state index contributed by atoms with van der Waals surface area (Å²) in [6.45, 7) is 1.63. The first-order valence-electron chi connectivity index (χ1n) is 4.21. The van der Waals surface area contributed by atoms with Crippen molar-refractivity contribution in [2.75, 3.05) is 7.11 Å². The van der Waals surface area contributed by atoms with E-state index in [1.807, 2.05) is 6.07 Å². The molecule has 0 saturated carbocycles. The zero-order valence-corrected chi connectivity index (χ0v) is 8.19. The number of hydrogen-bond acceptors (Lipinski definition) is 3. The molecule has 0 aliphatic rings. The fourth-order valence-electron chi connectivity index (χ4n) is 0.901. The van der Waals surface area contributed by atoms with Crippen LogP contribution in [0.2, 0.25) is 0 Å². The van der Waals surface area contributed by atoms with Gasteiger partial charge in [0.15, 0.2) is 0 Å². The predicted octanol–water partition coefficient (Wildman–Crippen LogP) is 2.14. The first-order chi connectivity index (χ1) is 6.74. The maximum Gasteiger partial charge on any atom is 0.342 e. The van der Waals surface area contributed by atoms with Gasteiger partial charge in [-0.1, -0.05) is 18.2 Å². The molecule has 1 aromatic rings. The van der Waals surface area contributed by atoms with Crippen LogP contribution in [0.5, 0.6) is 5.75 Å². The highest BCUT2D eigenvalue weighted by atomic mass is 16.5. The number of methoxy groups -OCH3 is 1. The van der Waals surface area contributed by atoms with E-state index in [4.69, 9.17) is 9.47 Å². The Kier molecular flexibility index (Phi) is 3.73. The number of ether oxygens (including phenoxy) is 2. The van der Waals surface area contributed by atoms with Crippen molar-refractivity contribution in [3.8, 4) is 5.75 Å². The zero-order valence-electron chi connectivity index (χ0n) is 8.19. The highest BCUT2D eigenvalue weighted by Gasteiger charge is 2.06. The van der Waals surface area contributed by atoms with Gasteiger partial charge in [0.05, 0.1) is 18.9 Å². The Bertz CT molecular complexity index is 328. The van der Waals surface area contributed by atoms with E-state index in [0.29, 0.717) is 11.3 Å². The fourth-order valence-corrected chi connectivity index (χ4v) is 0.901. The molecule has 14 heavy (non-hydrogen) atoms. The Morgan fingerprint density at radius 3 is 2.50 bits per heavy atom. The lowest BCUT2D eigenvalue weighted by atomic mass is 10.3. The Hall–Kier alpha value is -1.77. The van der Waals surface area contributed by atoms with E-state index in [1.54, 1.807) is 31.2 Å². The summed E-state index contributed by atoms with van der Waals surface area (Å²) < 4.78 is 9.74. The lowest BCUT2D eigenvalue weighted by Crippen LogP contribution is -2.09. The second-order valence-electron chi connectivity index (χ2n) is 2.74. The fraction of sp³-hybridized carbons (Fsp3) is 0.182. The molecule has 0 spiro atoms. The molecule has 3 heteroatoms. The lowest BCUT2D eigenvalue weighted by Gasteiger charge is -2.03. The number of esters is 1. The minimum Gasteiger partial charge on any atom is -0.504 e. The van der Waals surface area contributed by atoms with Crippen molar-refractivity contribution in [3.05, 3.63) is 42.2 Å². The molecule has 0 bridgehead atoms. The van der Waals surface area contributed by atoms with Crippen LogP contribution in [0.3, 0.4) is 0 Å². The van der Waals surface area contributed by atoms with Gasteiger partial charge in [-0.25, -0.2) is 4.79 Å². The lowest BCUT2D eigenvalue weighted by molar-refractivity contribution is -0.130. The SMILES string of the molecule is COC=C(C)C(=O)Oc1ccccc1. The topological polar surface area (TPSA) is 35.5 Å². The number of benzene rings is 1. The smallest absolute Gasteiger partial charge is 0.342 e. The van der Waals surface area contributed by atoms with Crippen molar-refractivity contribution in [1.82, 2.24) is 0 Å². The number of carbonyl (C=O) groups excluding carboxylic acids is 1. The van der Waals surface area contributed by atoms with Gasteiger partial charge in [-0.2, -0.15) is 0 Å². The third-order valence-electron chi connectivity index (χ3n) is 1.57. The molecule has 1 rings (SSSR count). The highest BCUT2D eigenvalue weighted by Crippen LogP contribution is 2.10. The van der Waals surface area contributed by atoms with E-state index in [-0.39, 0.29) is 0 Å². The van der Waals surface area contributed by atoms with Gasteiger partial charge < -0.3 is 9.47 Å². The predicted molar refractivity (Wildman–Crippen MR) is 52.8 cm³/mol. The molecular formula is C11H12O3. The van der Waals surface area contributed by atoms with Crippen LogP contribution >= 0.6 is 0 Å². The molecule has 0 unspecified atom stereocenters. The van der Waals surface area contributed by atoms with Gasteiger partial charge in [0.2, 0.25) is 0 Å². The average Bonchev–Trinajstić information content (AvgIpc) is 2.19. The van der Waals surface area contributed by atoms with Crippen LogP contribution in [0, 0.1) is 0 Å². The Labute approximate surface area is 83.0 Å². The highest BCUT2D eigenvalue weighted by molar-refractivity contribution is 5.89. The third kappa shape index (κ3) is 2.94. The Balaban J connectivity index is 2.62. The van der Waals surface area contributed by atoms with Gasteiger partial charge in [-0.05, 0) is 19.1 Å². The maximum atomic E-state index is 11.3. The molecule has 0 radical (unpaired) electrons. The normalized spacial score (nSPS) is 10.9. The molecule has 0 aromatic heterocycles. The molecule has 1 aromatic carbocycles. The Morgan fingerprint density at radius 1 is 1.29 bits per heavy atom. The number of hydrogen-bond donors (Lipinski definition) is 0. The molecule has 74 valence electrons. The molecule has 0 aliphatic heterocycles. The second-order valence-corrected chi connectivity index (χ2v) is 2.74. The first kappa shape index (κ1) is 10.3. The summed E-state index contributed by atoms with van der Waals surface area (Å²) in [5, 5.41) is 0. The maximum absolute atomic E-state index is 11.3. The van der Waals surface area contributed by atoms with Crippen LogP contribution in [0.15, 0.2) is 42.2 Å². The summed E-state index contributed by atoms with van der Waals surface area (Å²) in [7, 11) is 1.49. The van der Waals surface area contributed by atoms with Crippen molar-refractivity contribution in [2.24, 2.45) is 0 Å². The molecule has 0 amide bonds. The van der Waals surface area contributed by atoms with E-state index >= 15 is 0 Å². The molecule has 0 fully saturated rings. The number of para-hydroxylation sites is 1. The monoisotopic (exact) mass is 192 g/mol. The van der Waals surface area contributed by atoms with Gasteiger partial charge in [0, 0.05) is 0 Å². The number of carbonyl (C=O) groups is 1. The summed E-state index contributed by atoms with van der Waals surface area (Å²) >= 11 is 0. The largest absolute Gasteiger partial charge is 0.504 e. The zero-order chi connectivity index (χ0) is 10.4. The van der Waals surface area contributed by atoms with Gasteiger partial charge in [-0.15, -0.1) is 0 Å². The van der Waals surface area contributed by atoms with Crippen LogP contribution in [0.4, 0.5) is 0 Å². The number of rotatable bonds is 3. The molecule has 3 nitrogen and oxygen atoms in total. The minimum atomic E-state index is -0.405. The van der Waals surface area contributed by atoms with Gasteiger partial charge in [-0.3, -0.25) is 0 Å². The van der Waals surface area contributed by atoms with Crippen LogP contribution in [0.25, 0.3) is 0 Å². The van der Waals surface area contributed by atoms with E-state index in [9.17, 15) is 4.79 Å².